The molecule has 8 nitrogen and oxygen atoms in total. The first-order valence-corrected chi connectivity index (χ1v) is 8.31. The van der Waals surface area contributed by atoms with Crippen molar-refractivity contribution >= 4 is 17.7 Å². The van der Waals surface area contributed by atoms with Crippen LogP contribution in [0.1, 0.15) is 37.9 Å². The van der Waals surface area contributed by atoms with Crippen molar-refractivity contribution in [3.63, 3.8) is 0 Å². The van der Waals surface area contributed by atoms with Crippen LogP contribution in [0.15, 0.2) is 11.4 Å². The molecular formula is C14H19N7OS. The lowest BCUT2D eigenvalue weighted by Gasteiger charge is -2.16. The Morgan fingerprint density at radius 2 is 2.13 bits per heavy atom. The van der Waals surface area contributed by atoms with E-state index in [1.807, 2.05) is 6.20 Å². The number of rotatable bonds is 3. The predicted octanol–water partition coefficient (Wildman–Crippen LogP) is 0.932. The first-order valence-electron chi connectivity index (χ1n) is 7.33. The van der Waals surface area contributed by atoms with Crippen LogP contribution in [-0.4, -0.2) is 46.7 Å². The fraction of sp³-hybridized carbons (Fsp3) is 0.571. The number of nitrogens with zero attached hydrogens (tertiary/aromatic N) is 7. The van der Waals surface area contributed by atoms with Gasteiger partial charge >= 0.3 is 0 Å². The van der Waals surface area contributed by atoms with Crippen molar-refractivity contribution in [2.75, 3.05) is 5.75 Å². The van der Waals surface area contributed by atoms with Crippen molar-refractivity contribution in [1.29, 1.82) is 0 Å². The molecule has 0 saturated heterocycles. The van der Waals surface area contributed by atoms with Crippen LogP contribution in [0.3, 0.4) is 0 Å². The quantitative estimate of drug-likeness (QED) is 0.772. The summed E-state index contributed by atoms with van der Waals surface area (Å²) in [6, 6.07) is 0. The molecule has 2 aromatic rings. The minimum absolute atomic E-state index is 0.0494. The second-order valence-corrected chi connectivity index (χ2v) is 7.48. The monoisotopic (exact) mass is 333 g/mol. The highest BCUT2D eigenvalue weighted by molar-refractivity contribution is 7.99. The number of fused-ring (bicyclic) bond motifs is 1. The van der Waals surface area contributed by atoms with E-state index < -0.39 is 0 Å². The Kier molecular flexibility index (Phi) is 4.05. The van der Waals surface area contributed by atoms with Crippen LogP contribution in [0.2, 0.25) is 0 Å². The highest BCUT2D eigenvalue weighted by Crippen LogP contribution is 2.25. The number of hydrogen-bond acceptors (Lipinski definition) is 7. The first-order chi connectivity index (χ1) is 10.8. The van der Waals surface area contributed by atoms with Crippen LogP contribution >= 0.6 is 11.8 Å². The molecule has 0 spiro atoms. The molecule has 1 aliphatic heterocycles. The summed E-state index contributed by atoms with van der Waals surface area (Å²) >= 11 is 1.33. The number of carbonyl (C=O) groups excluding carboxylic acids is 1. The molecule has 23 heavy (non-hydrogen) atoms. The third kappa shape index (κ3) is 3.34. The fourth-order valence-corrected chi connectivity index (χ4v) is 3.00. The number of amides is 1. The molecule has 0 N–H and O–H groups in total. The summed E-state index contributed by atoms with van der Waals surface area (Å²) in [7, 11) is 1.75. The number of carbonyl (C=O) groups is 1. The fourth-order valence-electron chi connectivity index (χ4n) is 2.25. The lowest BCUT2D eigenvalue weighted by Crippen LogP contribution is -2.27. The van der Waals surface area contributed by atoms with Crippen molar-refractivity contribution in [3.8, 4) is 0 Å². The molecule has 0 atom stereocenters. The highest BCUT2D eigenvalue weighted by Gasteiger charge is 2.27. The molecule has 3 heterocycles. The van der Waals surface area contributed by atoms with E-state index in [1.165, 1.54) is 11.8 Å². The van der Waals surface area contributed by atoms with Gasteiger partial charge in [0.2, 0.25) is 11.1 Å². The minimum atomic E-state index is -0.0967. The molecule has 1 amide bonds. The third-order valence-electron chi connectivity index (χ3n) is 3.59. The maximum Gasteiger partial charge on any atom is 0.233 e. The van der Waals surface area contributed by atoms with E-state index in [2.05, 4.69) is 46.3 Å². The van der Waals surface area contributed by atoms with Crippen LogP contribution in [0, 0.1) is 0 Å². The molecule has 0 bridgehead atoms. The van der Waals surface area contributed by atoms with Crippen molar-refractivity contribution < 1.29 is 4.79 Å². The van der Waals surface area contributed by atoms with Crippen molar-refractivity contribution in [3.05, 3.63) is 23.3 Å². The normalized spacial score (nSPS) is 14.2. The van der Waals surface area contributed by atoms with Crippen molar-refractivity contribution in [2.24, 2.45) is 7.05 Å². The van der Waals surface area contributed by atoms with Gasteiger partial charge in [0, 0.05) is 30.8 Å². The van der Waals surface area contributed by atoms with E-state index >= 15 is 0 Å². The van der Waals surface area contributed by atoms with Crippen LogP contribution in [0.4, 0.5) is 0 Å². The largest absolute Gasteiger partial charge is 0.332 e. The summed E-state index contributed by atoms with van der Waals surface area (Å²) in [6.45, 7) is 7.35. The molecule has 0 radical (unpaired) electrons. The SMILES string of the molecule is Cn1nnnc1SCC(=O)N1Cc2cnc(C(C)(C)C)nc2C1. The molecule has 1 aliphatic rings. The molecule has 0 aromatic carbocycles. The number of aryl methyl sites for hydroxylation is 1. The van der Waals surface area contributed by atoms with Gasteiger partial charge in [0.25, 0.3) is 0 Å². The zero-order chi connectivity index (χ0) is 16.6. The standard InChI is InChI=1S/C14H19N7OS/c1-14(2,3)12-15-5-9-6-21(7-10(9)16-12)11(22)8-23-13-17-18-19-20(13)4/h5H,6-8H2,1-4H3. The minimum Gasteiger partial charge on any atom is -0.332 e. The Bertz CT molecular complexity index is 737. The molecule has 9 heteroatoms. The Morgan fingerprint density at radius 3 is 2.78 bits per heavy atom. The van der Waals surface area contributed by atoms with Gasteiger partial charge in [-0.1, -0.05) is 32.5 Å². The van der Waals surface area contributed by atoms with Gasteiger partial charge in [0.15, 0.2) is 0 Å². The van der Waals surface area contributed by atoms with Gasteiger partial charge in [0.05, 0.1) is 18.0 Å². The Balaban J connectivity index is 1.65. The molecule has 122 valence electrons. The molecule has 3 rings (SSSR count). The number of aromatic nitrogens is 6. The van der Waals surface area contributed by atoms with Gasteiger partial charge in [0.1, 0.15) is 5.82 Å². The van der Waals surface area contributed by atoms with Crippen molar-refractivity contribution in [1.82, 2.24) is 35.1 Å². The van der Waals surface area contributed by atoms with E-state index in [0.29, 0.717) is 24.0 Å². The Morgan fingerprint density at radius 1 is 1.35 bits per heavy atom. The van der Waals surface area contributed by atoms with Crippen LogP contribution in [-0.2, 0) is 30.3 Å². The van der Waals surface area contributed by atoms with Crippen LogP contribution in [0.5, 0.6) is 0 Å². The van der Waals surface area contributed by atoms with E-state index in [9.17, 15) is 4.79 Å². The van der Waals surface area contributed by atoms with Gasteiger partial charge in [-0.15, -0.1) is 5.10 Å². The van der Waals surface area contributed by atoms with Crippen molar-refractivity contribution in [2.45, 2.75) is 44.4 Å². The first kappa shape index (κ1) is 15.9. The van der Waals surface area contributed by atoms with E-state index in [-0.39, 0.29) is 11.3 Å². The number of hydrogen-bond donors (Lipinski definition) is 0. The second kappa shape index (κ2) is 5.88. The number of tetrazole rings is 1. The maximum atomic E-state index is 12.4. The molecular weight excluding hydrogens is 314 g/mol. The molecule has 0 unspecified atom stereocenters. The van der Waals surface area contributed by atoms with Gasteiger partial charge in [-0.05, 0) is 10.4 Å². The molecule has 2 aromatic heterocycles. The average Bonchev–Trinajstić information content (AvgIpc) is 3.09. The second-order valence-electron chi connectivity index (χ2n) is 6.54. The molecule has 0 saturated carbocycles. The smallest absolute Gasteiger partial charge is 0.233 e. The molecule has 0 fully saturated rings. The van der Waals surface area contributed by atoms with Gasteiger partial charge in [-0.25, -0.2) is 14.6 Å². The zero-order valence-corrected chi connectivity index (χ0v) is 14.5. The van der Waals surface area contributed by atoms with E-state index in [0.717, 1.165) is 17.1 Å². The Labute approximate surface area is 138 Å². The summed E-state index contributed by atoms with van der Waals surface area (Å²) in [5.41, 5.74) is 1.88. The number of thioether (sulfide) groups is 1. The van der Waals surface area contributed by atoms with Gasteiger partial charge in [-0.2, -0.15) is 0 Å². The maximum absolute atomic E-state index is 12.4. The lowest BCUT2D eigenvalue weighted by atomic mass is 9.95. The van der Waals surface area contributed by atoms with Gasteiger partial charge in [-0.3, -0.25) is 4.79 Å². The predicted molar refractivity (Wildman–Crippen MR) is 84.5 cm³/mol. The summed E-state index contributed by atoms with van der Waals surface area (Å²) in [4.78, 5) is 23.2. The van der Waals surface area contributed by atoms with Gasteiger partial charge < -0.3 is 4.90 Å². The summed E-state index contributed by atoms with van der Waals surface area (Å²) < 4.78 is 1.55. The summed E-state index contributed by atoms with van der Waals surface area (Å²) in [5.74, 6) is 1.17. The zero-order valence-electron chi connectivity index (χ0n) is 13.6. The summed E-state index contributed by atoms with van der Waals surface area (Å²) in [6.07, 6.45) is 1.84. The van der Waals surface area contributed by atoms with E-state index in [4.69, 9.17) is 0 Å². The topological polar surface area (TPSA) is 89.7 Å². The van der Waals surface area contributed by atoms with Crippen LogP contribution in [0.25, 0.3) is 0 Å². The average molecular weight is 333 g/mol. The van der Waals surface area contributed by atoms with Crippen LogP contribution < -0.4 is 0 Å². The Hall–Kier alpha value is -2.03. The summed E-state index contributed by atoms with van der Waals surface area (Å²) in [5, 5.41) is 11.8. The third-order valence-corrected chi connectivity index (χ3v) is 4.58. The highest BCUT2D eigenvalue weighted by atomic mass is 32.2. The molecule has 0 aliphatic carbocycles. The lowest BCUT2D eigenvalue weighted by molar-refractivity contribution is -0.128. The van der Waals surface area contributed by atoms with E-state index in [1.54, 1.807) is 16.6 Å².